The van der Waals surface area contributed by atoms with Gasteiger partial charge in [-0.3, -0.25) is 0 Å². The Kier molecular flexibility index (Phi) is 6.45. The van der Waals surface area contributed by atoms with Crippen LogP contribution < -0.4 is 5.32 Å². The van der Waals surface area contributed by atoms with Crippen molar-refractivity contribution in [2.45, 2.75) is 51.5 Å². The minimum atomic E-state index is 0.417. The summed E-state index contributed by atoms with van der Waals surface area (Å²) >= 11 is 1.86. The third-order valence-electron chi connectivity index (χ3n) is 3.44. The third-order valence-corrected chi connectivity index (χ3v) is 4.38. The Morgan fingerprint density at radius 3 is 3.11 bits per heavy atom. The number of aryl methyl sites for hydroxylation is 1. The van der Waals surface area contributed by atoms with E-state index in [1.54, 1.807) is 0 Å². The van der Waals surface area contributed by atoms with E-state index in [0.29, 0.717) is 6.04 Å². The second-order valence-corrected chi connectivity index (χ2v) is 6.11. The Morgan fingerprint density at radius 2 is 2.42 bits per heavy atom. The van der Waals surface area contributed by atoms with Gasteiger partial charge in [-0.1, -0.05) is 13.0 Å². The van der Waals surface area contributed by atoms with Crippen molar-refractivity contribution in [1.29, 1.82) is 0 Å². The average Bonchev–Trinajstić information content (AvgIpc) is 2.97. The summed E-state index contributed by atoms with van der Waals surface area (Å²) in [4.78, 5) is 1.49. The second-order valence-electron chi connectivity index (χ2n) is 5.08. The molecule has 0 spiro atoms. The molecular formula is C16H25NOS. The molecule has 2 nitrogen and oxygen atoms in total. The van der Waals surface area contributed by atoms with E-state index in [-0.39, 0.29) is 0 Å². The van der Waals surface area contributed by atoms with Crippen molar-refractivity contribution in [2.24, 2.45) is 0 Å². The molecule has 0 fully saturated rings. The first-order chi connectivity index (χ1) is 9.40. The minimum Gasteiger partial charge on any atom is -0.497 e. The van der Waals surface area contributed by atoms with Crippen LogP contribution >= 0.6 is 11.3 Å². The Balaban J connectivity index is 1.80. The number of ether oxygens (including phenoxy) is 1. The smallest absolute Gasteiger partial charge is 0.109 e. The Hall–Kier alpha value is -0.800. The maximum absolute atomic E-state index is 5.83. The summed E-state index contributed by atoms with van der Waals surface area (Å²) in [6, 6.07) is 4.79. The molecule has 0 aliphatic carbocycles. The molecule has 0 bridgehead atoms. The summed E-state index contributed by atoms with van der Waals surface area (Å²) in [6.45, 7) is 4.18. The van der Waals surface area contributed by atoms with E-state index >= 15 is 0 Å². The highest BCUT2D eigenvalue weighted by atomic mass is 32.1. The topological polar surface area (TPSA) is 21.3 Å². The average molecular weight is 279 g/mol. The van der Waals surface area contributed by atoms with E-state index in [4.69, 9.17) is 4.74 Å². The van der Waals surface area contributed by atoms with E-state index < -0.39 is 0 Å². The Labute approximate surface area is 120 Å². The summed E-state index contributed by atoms with van der Waals surface area (Å²) in [6.07, 6.45) is 9.38. The fourth-order valence-corrected chi connectivity index (χ4v) is 3.17. The Morgan fingerprint density at radius 1 is 1.47 bits per heavy atom. The van der Waals surface area contributed by atoms with Crippen molar-refractivity contribution in [1.82, 2.24) is 5.32 Å². The van der Waals surface area contributed by atoms with Gasteiger partial charge in [0.2, 0.25) is 0 Å². The van der Waals surface area contributed by atoms with Gasteiger partial charge >= 0.3 is 0 Å². The van der Waals surface area contributed by atoms with Crippen LogP contribution in [0.4, 0.5) is 0 Å². The van der Waals surface area contributed by atoms with Gasteiger partial charge < -0.3 is 10.1 Å². The fourth-order valence-electron chi connectivity index (χ4n) is 2.42. The van der Waals surface area contributed by atoms with Crippen molar-refractivity contribution < 1.29 is 4.74 Å². The molecule has 0 amide bonds. The zero-order chi connectivity index (χ0) is 13.3. The van der Waals surface area contributed by atoms with Gasteiger partial charge in [-0.25, -0.2) is 0 Å². The molecule has 0 saturated carbocycles. The first-order valence-electron chi connectivity index (χ1n) is 7.48. The molecule has 1 aliphatic rings. The maximum Gasteiger partial charge on any atom is 0.109 e. The van der Waals surface area contributed by atoms with E-state index in [0.717, 1.165) is 13.2 Å². The minimum absolute atomic E-state index is 0.417. The van der Waals surface area contributed by atoms with E-state index in [1.165, 1.54) is 49.2 Å². The van der Waals surface area contributed by atoms with Crippen LogP contribution in [0.3, 0.4) is 0 Å². The van der Waals surface area contributed by atoms with Crippen LogP contribution in [0.15, 0.2) is 29.3 Å². The van der Waals surface area contributed by atoms with E-state index in [2.05, 4.69) is 35.8 Å². The first kappa shape index (κ1) is 14.6. The lowest BCUT2D eigenvalue weighted by Crippen LogP contribution is -2.33. The molecule has 106 valence electrons. The molecular weight excluding hydrogens is 254 g/mol. The lowest BCUT2D eigenvalue weighted by molar-refractivity contribution is 0.164. The molecule has 1 N–H and O–H groups in total. The molecule has 2 rings (SSSR count). The molecule has 1 aromatic rings. The van der Waals surface area contributed by atoms with Gasteiger partial charge in [0.25, 0.3) is 0 Å². The van der Waals surface area contributed by atoms with Crippen molar-refractivity contribution in [3.63, 3.8) is 0 Å². The number of nitrogens with one attached hydrogen (secondary N) is 1. The van der Waals surface area contributed by atoms with Crippen LogP contribution in [0.5, 0.6) is 0 Å². The van der Waals surface area contributed by atoms with Crippen LogP contribution in [-0.2, 0) is 11.2 Å². The monoisotopic (exact) mass is 279 g/mol. The molecule has 1 aromatic heterocycles. The molecule has 0 aromatic carbocycles. The summed E-state index contributed by atoms with van der Waals surface area (Å²) < 4.78 is 5.83. The molecule has 0 radical (unpaired) electrons. The summed E-state index contributed by atoms with van der Waals surface area (Å²) in [7, 11) is 0. The maximum atomic E-state index is 5.83. The van der Waals surface area contributed by atoms with Crippen molar-refractivity contribution in [2.75, 3.05) is 13.2 Å². The van der Waals surface area contributed by atoms with Crippen LogP contribution in [0.2, 0.25) is 0 Å². The predicted molar refractivity (Wildman–Crippen MR) is 82.6 cm³/mol. The van der Waals surface area contributed by atoms with Gasteiger partial charge in [-0.2, -0.15) is 0 Å². The van der Waals surface area contributed by atoms with Crippen LogP contribution in [-0.4, -0.2) is 19.2 Å². The lowest BCUT2D eigenvalue weighted by atomic mass is 10.0. The summed E-state index contributed by atoms with van der Waals surface area (Å²) in [5.41, 5.74) is 0. The molecule has 0 saturated heterocycles. The lowest BCUT2D eigenvalue weighted by Gasteiger charge is -2.24. The number of allylic oxidation sites excluding steroid dienone is 1. The molecule has 1 aliphatic heterocycles. The second kappa shape index (κ2) is 8.39. The summed E-state index contributed by atoms with van der Waals surface area (Å²) in [5, 5.41) is 5.79. The SMILES string of the molecule is CCCNC(CCCc1cccs1)C1=CCCCO1. The zero-order valence-electron chi connectivity index (χ0n) is 11.9. The third kappa shape index (κ3) is 5.00. The van der Waals surface area contributed by atoms with Crippen LogP contribution in [0, 0.1) is 0 Å². The largest absolute Gasteiger partial charge is 0.497 e. The van der Waals surface area contributed by atoms with Gasteiger partial charge in [0.05, 0.1) is 12.6 Å². The Bertz CT molecular complexity index is 372. The standard InChI is InChI=1S/C16H25NOS/c1-2-11-17-15(16-10-3-4-12-18-16)9-5-7-14-8-6-13-19-14/h6,8,10,13,15,17H,2-5,7,9,11-12H2,1H3. The highest BCUT2D eigenvalue weighted by Crippen LogP contribution is 2.19. The molecule has 2 heterocycles. The molecule has 1 atom stereocenters. The number of hydrogen-bond donors (Lipinski definition) is 1. The van der Waals surface area contributed by atoms with Crippen molar-refractivity contribution in [3.05, 3.63) is 34.2 Å². The molecule has 1 unspecified atom stereocenters. The van der Waals surface area contributed by atoms with Gasteiger partial charge in [-0.15, -0.1) is 11.3 Å². The van der Waals surface area contributed by atoms with E-state index in [1.807, 2.05) is 11.3 Å². The fraction of sp³-hybridized carbons (Fsp3) is 0.625. The summed E-state index contributed by atoms with van der Waals surface area (Å²) in [5.74, 6) is 1.19. The van der Waals surface area contributed by atoms with Crippen LogP contribution in [0.1, 0.15) is 43.9 Å². The van der Waals surface area contributed by atoms with Gasteiger partial charge in [0.15, 0.2) is 0 Å². The first-order valence-corrected chi connectivity index (χ1v) is 8.36. The number of rotatable bonds is 8. The highest BCUT2D eigenvalue weighted by Gasteiger charge is 2.16. The van der Waals surface area contributed by atoms with Gasteiger partial charge in [-0.05, 0) is 62.6 Å². The molecule has 19 heavy (non-hydrogen) atoms. The quantitative estimate of drug-likeness (QED) is 0.772. The number of thiophene rings is 1. The van der Waals surface area contributed by atoms with Gasteiger partial charge in [0, 0.05) is 4.88 Å². The zero-order valence-corrected chi connectivity index (χ0v) is 12.7. The highest BCUT2D eigenvalue weighted by molar-refractivity contribution is 7.09. The normalized spacial score (nSPS) is 16.8. The predicted octanol–water partition coefficient (Wildman–Crippen LogP) is 4.13. The van der Waals surface area contributed by atoms with Crippen molar-refractivity contribution >= 4 is 11.3 Å². The van der Waals surface area contributed by atoms with Crippen molar-refractivity contribution in [3.8, 4) is 0 Å². The van der Waals surface area contributed by atoms with Gasteiger partial charge in [0.1, 0.15) is 5.76 Å². The van der Waals surface area contributed by atoms with E-state index in [9.17, 15) is 0 Å². The number of hydrogen-bond acceptors (Lipinski definition) is 3. The molecule has 3 heteroatoms. The van der Waals surface area contributed by atoms with Crippen LogP contribution in [0.25, 0.3) is 0 Å².